The first kappa shape index (κ1) is 56.3. The number of allylic oxidation sites excluding steroid dienone is 3. The molecule has 0 aliphatic carbocycles. The summed E-state index contributed by atoms with van der Waals surface area (Å²) >= 11 is 0. The molecule has 6 heteroatoms. The molecule has 1 amide bonds. The molecule has 0 rings (SSSR count). The Morgan fingerprint density at radius 3 is 1.22 bits per heavy atom. The molecule has 2 unspecified atom stereocenters. The summed E-state index contributed by atoms with van der Waals surface area (Å²) in [6.07, 6.45) is 56.0. The Labute approximate surface area is 361 Å². The average molecular weight is 818 g/mol. The Morgan fingerprint density at radius 2 is 0.810 bits per heavy atom. The minimum Gasteiger partial charge on any atom is -0.466 e. The highest BCUT2D eigenvalue weighted by Gasteiger charge is 2.18. The van der Waals surface area contributed by atoms with E-state index in [1.54, 1.807) is 6.08 Å². The summed E-state index contributed by atoms with van der Waals surface area (Å²) in [6, 6.07) is -0.637. The third-order valence-corrected chi connectivity index (χ3v) is 11.7. The van der Waals surface area contributed by atoms with Gasteiger partial charge < -0.3 is 20.3 Å². The van der Waals surface area contributed by atoms with Crippen molar-refractivity contribution in [2.24, 2.45) is 0 Å². The molecule has 0 spiro atoms. The van der Waals surface area contributed by atoms with Crippen molar-refractivity contribution in [1.29, 1.82) is 0 Å². The van der Waals surface area contributed by atoms with E-state index in [9.17, 15) is 19.8 Å². The highest BCUT2D eigenvalue weighted by atomic mass is 16.5. The quantitative estimate of drug-likeness (QED) is 0.0323. The van der Waals surface area contributed by atoms with E-state index in [0.29, 0.717) is 19.4 Å². The maximum absolute atomic E-state index is 12.4. The molecule has 0 aromatic rings. The summed E-state index contributed by atoms with van der Waals surface area (Å²) in [5, 5.41) is 23.0. The monoisotopic (exact) mass is 818 g/mol. The summed E-state index contributed by atoms with van der Waals surface area (Å²) in [7, 11) is 0. The van der Waals surface area contributed by atoms with Crippen LogP contribution in [0.4, 0.5) is 0 Å². The number of esters is 1. The van der Waals surface area contributed by atoms with Gasteiger partial charge in [-0.3, -0.25) is 9.59 Å². The van der Waals surface area contributed by atoms with Gasteiger partial charge in [0.05, 0.1) is 25.4 Å². The highest BCUT2D eigenvalue weighted by Crippen LogP contribution is 2.15. The smallest absolute Gasteiger partial charge is 0.305 e. The number of hydrogen-bond donors (Lipinski definition) is 3. The Morgan fingerprint density at radius 1 is 0.466 bits per heavy atom. The third kappa shape index (κ3) is 43.9. The number of unbranched alkanes of at least 4 members (excludes halogenated alkanes) is 34. The minimum absolute atomic E-state index is 0.0157. The maximum atomic E-state index is 12.4. The van der Waals surface area contributed by atoms with E-state index in [2.05, 4.69) is 31.3 Å². The molecule has 0 heterocycles. The molecule has 0 aliphatic heterocycles. The van der Waals surface area contributed by atoms with Gasteiger partial charge in [0.25, 0.3) is 0 Å². The first-order valence-electron chi connectivity index (χ1n) is 25.6. The molecule has 6 nitrogen and oxygen atoms in total. The van der Waals surface area contributed by atoms with Gasteiger partial charge in [-0.1, -0.05) is 224 Å². The van der Waals surface area contributed by atoms with Crippen molar-refractivity contribution >= 4 is 11.9 Å². The lowest BCUT2D eigenvalue weighted by atomic mass is 10.0. The topological polar surface area (TPSA) is 95.9 Å². The van der Waals surface area contributed by atoms with Crippen LogP contribution < -0.4 is 5.32 Å². The van der Waals surface area contributed by atoms with E-state index >= 15 is 0 Å². The molecule has 0 fully saturated rings. The van der Waals surface area contributed by atoms with Crippen molar-refractivity contribution in [3.8, 4) is 0 Å². The standard InChI is InChI=1S/C52H99NO5/c1-3-5-7-9-11-13-15-17-20-24-28-32-36-40-44-50(55)49(48-54)53-51(56)45-41-37-33-29-25-21-19-23-27-31-35-39-43-47-58-52(57)46-42-38-34-30-26-22-18-16-14-12-10-8-6-4-2/h16,18,40,44,49-50,54-55H,3-15,17,19-39,41-43,45-48H2,1-2H3,(H,53,56)/b18-16-,44-40+. The molecular weight excluding hydrogens is 719 g/mol. The van der Waals surface area contributed by atoms with Gasteiger partial charge in [-0.05, 0) is 57.8 Å². The maximum Gasteiger partial charge on any atom is 0.305 e. The Kier molecular flexibility index (Phi) is 46.6. The van der Waals surface area contributed by atoms with Gasteiger partial charge in [-0.15, -0.1) is 0 Å². The first-order chi connectivity index (χ1) is 28.5. The average Bonchev–Trinajstić information content (AvgIpc) is 3.22. The molecule has 0 bridgehead atoms. The zero-order chi connectivity index (χ0) is 42.3. The number of aliphatic hydroxyl groups excluding tert-OH is 2. The minimum atomic E-state index is -0.852. The van der Waals surface area contributed by atoms with Gasteiger partial charge in [0.2, 0.25) is 5.91 Å². The van der Waals surface area contributed by atoms with Crippen LogP contribution in [0.3, 0.4) is 0 Å². The van der Waals surface area contributed by atoms with Crippen molar-refractivity contribution in [2.75, 3.05) is 13.2 Å². The number of amides is 1. The SMILES string of the molecule is CCCCCCC/C=C\CCCCCCCC(=O)OCCCCCCCCCCCCCCCC(=O)NC(CO)C(O)/C=C/CCCCCCCCCCCCCC. The fourth-order valence-corrected chi connectivity index (χ4v) is 7.74. The summed E-state index contributed by atoms with van der Waals surface area (Å²) in [5.74, 6) is -0.0969. The Balaban J connectivity index is 3.49. The van der Waals surface area contributed by atoms with Gasteiger partial charge >= 0.3 is 5.97 Å². The lowest BCUT2D eigenvalue weighted by Gasteiger charge is -2.20. The van der Waals surface area contributed by atoms with Crippen LogP contribution in [-0.4, -0.2) is 47.4 Å². The van der Waals surface area contributed by atoms with Gasteiger partial charge in [0.1, 0.15) is 0 Å². The molecule has 0 aromatic heterocycles. The van der Waals surface area contributed by atoms with Crippen molar-refractivity contribution in [3.05, 3.63) is 24.3 Å². The van der Waals surface area contributed by atoms with Crippen molar-refractivity contribution in [2.45, 2.75) is 283 Å². The normalized spacial score (nSPS) is 12.8. The molecule has 342 valence electrons. The molecule has 0 radical (unpaired) electrons. The van der Waals surface area contributed by atoms with E-state index in [1.165, 1.54) is 186 Å². The van der Waals surface area contributed by atoms with Gasteiger partial charge in [-0.25, -0.2) is 0 Å². The third-order valence-electron chi connectivity index (χ3n) is 11.7. The van der Waals surface area contributed by atoms with Gasteiger partial charge in [0.15, 0.2) is 0 Å². The van der Waals surface area contributed by atoms with Gasteiger partial charge in [-0.2, -0.15) is 0 Å². The molecular formula is C52H99NO5. The van der Waals surface area contributed by atoms with Crippen LogP contribution in [0.1, 0.15) is 271 Å². The van der Waals surface area contributed by atoms with Crippen LogP contribution in [0.5, 0.6) is 0 Å². The van der Waals surface area contributed by atoms with Crippen molar-refractivity contribution in [3.63, 3.8) is 0 Å². The van der Waals surface area contributed by atoms with Crippen LogP contribution >= 0.6 is 0 Å². The van der Waals surface area contributed by atoms with Crippen LogP contribution in [0.25, 0.3) is 0 Å². The van der Waals surface area contributed by atoms with Crippen LogP contribution in [0.2, 0.25) is 0 Å². The summed E-state index contributed by atoms with van der Waals surface area (Å²) < 4.78 is 5.45. The predicted molar refractivity (Wildman–Crippen MR) is 250 cm³/mol. The molecule has 0 saturated heterocycles. The van der Waals surface area contributed by atoms with E-state index in [0.717, 1.165) is 57.8 Å². The van der Waals surface area contributed by atoms with E-state index in [4.69, 9.17) is 4.74 Å². The van der Waals surface area contributed by atoms with Crippen LogP contribution in [-0.2, 0) is 14.3 Å². The second kappa shape index (κ2) is 48.0. The lowest BCUT2D eigenvalue weighted by Crippen LogP contribution is -2.45. The highest BCUT2D eigenvalue weighted by molar-refractivity contribution is 5.76. The molecule has 3 N–H and O–H groups in total. The zero-order valence-electron chi connectivity index (χ0n) is 38.8. The number of aliphatic hydroxyl groups is 2. The number of carbonyl (C=O) groups is 2. The van der Waals surface area contributed by atoms with Crippen LogP contribution in [0.15, 0.2) is 24.3 Å². The number of carbonyl (C=O) groups excluding carboxylic acids is 2. The van der Waals surface area contributed by atoms with Crippen molar-refractivity contribution in [1.82, 2.24) is 5.32 Å². The molecule has 0 aromatic carbocycles. The molecule has 0 aliphatic rings. The van der Waals surface area contributed by atoms with E-state index < -0.39 is 12.1 Å². The lowest BCUT2D eigenvalue weighted by molar-refractivity contribution is -0.143. The number of hydrogen-bond acceptors (Lipinski definition) is 5. The van der Waals surface area contributed by atoms with E-state index in [1.807, 2.05) is 6.08 Å². The largest absolute Gasteiger partial charge is 0.466 e. The zero-order valence-corrected chi connectivity index (χ0v) is 38.8. The fourth-order valence-electron chi connectivity index (χ4n) is 7.74. The van der Waals surface area contributed by atoms with Gasteiger partial charge in [0, 0.05) is 12.8 Å². The van der Waals surface area contributed by atoms with E-state index in [-0.39, 0.29) is 18.5 Å². The predicted octanol–water partition coefficient (Wildman–Crippen LogP) is 15.1. The number of ether oxygens (including phenoxy) is 1. The van der Waals surface area contributed by atoms with Crippen molar-refractivity contribution < 1.29 is 24.5 Å². The molecule has 58 heavy (non-hydrogen) atoms. The second-order valence-corrected chi connectivity index (χ2v) is 17.5. The summed E-state index contributed by atoms with van der Waals surface area (Å²) in [5.41, 5.74) is 0. The fraction of sp³-hybridized carbons (Fsp3) is 0.885. The Hall–Kier alpha value is -1.66. The number of nitrogens with one attached hydrogen (secondary N) is 1. The molecule has 2 atom stereocenters. The Bertz CT molecular complexity index is 904. The summed E-state index contributed by atoms with van der Waals surface area (Å²) in [4.78, 5) is 24.4. The molecule has 0 saturated carbocycles. The summed E-state index contributed by atoms with van der Waals surface area (Å²) in [6.45, 7) is 4.86. The first-order valence-corrected chi connectivity index (χ1v) is 25.6. The second-order valence-electron chi connectivity index (χ2n) is 17.5. The van der Waals surface area contributed by atoms with Crippen LogP contribution in [0, 0.1) is 0 Å². The number of rotatable bonds is 47.